The van der Waals surface area contributed by atoms with E-state index in [1.54, 1.807) is 0 Å². The number of fused-ring (bicyclic) bond motifs is 5. The third-order valence-electron chi connectivity index (χ3n) is 12.3. The average molecular weight is 674 g/mol. The van der Waals surface area contributed by atoms with E-state index < -0.39 is 0 Å². The fourth-order valence-corrected chi connectivity index (χ4v) is 9.15. The Morgan fingerprint density at radius 3 is 1.83 bits per heavy atom. The van der Waals surface area contributed by atoms with Crippen molar-refractivity contribution in [2.24, 2.45) is 0 Å². The van der Waals surface area contributed by atoms with Crippen molar-refractivity contribution in [3.8, 4) is 33.4 Å². The number of para-hydroxylation sites is 1. The fourth-order valence-electron chi connectivity index (χ4n) is 9.15. The number of benzene rings is 7. The monoisotopic (exact) mass is 673 g/mol. The van der Waals surface area contributed by atoms with E-state index in [9.17, 15) is 0 Å². The van der Waals surface area contributed by atoms with Crippen LogP contribution in [0.2, 0.25) is 0 Å². The molecule has 0 unspecified atom stereocenters. The van der Waals surface area contributed by atoms with Crippen LogP contribution in [0.15, 0.2) is 152 Å². The zero-order chi connectivity index (χ0) is 35.8. The smallest absolute Gasteiger partial charge is 0.0543 e. The van der Waals surface area contributed by atoms with E-state index in [2.05, 4.69) is 198 Å². The quantitative estimate of drug-likeness (QED) is 0.176. The van der Waals surface area contributed by atoms with Gasteiger partial charge in [-0.3, -0.25) is 0 Å². The zero-order valence-electron chi connectivity index (χ0n) is 31.3. The summed E-state index contributed by atoms with van der Waals surface area (Å²) in [4.78, 5) is 2.48. The van der Waals surface area contributed by atoms with Gasteiger partial charge in [-0.1, -0.05) is 163 Å². The fraction of sp³-hybridized carbons (Fsp3) is 0.216. The van der Waals surface area contributed by atoms with Gasteiger partial charge >= 0.3 is 0 Å². The number of hydrogen-bond acceptors (Lipinski definition) is 1. The van der Waals surface area contributed by atoms with Crippen LogP contribution in [0.1, 0.15) is 76.6 Å². The first-order chi connectivity index (χ1) is 25.0. The molecule has 256 valence electrons. The lowest BCUT2D eigenvalue weighted by Gasteiger charge is -2.42. The van der Waals surface area contributed by atoms with E-state index in [0.29, 0.717) is 0 Å². The molecule has 7 aromatic carbocycles. The Bertz CT molecular complexity index is 2470. The lowest BCUT2D eigenvalue weighted by atomic mass is 9.63. The lowest BCUT2D eigenvalue weighted by Crippen LogP contribution is -2.33. The standard InChI is InChI=1S/C51H47N/c1-49(2)29-30-50(3,4)46-31-37(27-28-44(46)49)34-23-25-36(26-24-34)41-32-42-40-20-12-13-21-43(40)51(5,6)45(42)33-48(41)52(38-17-8-7-9-18-38)47-22-14-16-35-15-10-11-19-39(35)47/h7-28,31-33H,29-30H2,1-6H3. The van der Waals surface area contributed by atoms with Crippen LogP contribution in [0.5, 0.6) is 0 Å². The molecule has 0 spiro atoms. The summed E-state index contributed by atoms with van der Waals surface area (Å²) in [6.45, 7) is 14.4. The van der Waals surface area contributed by atoms with Gasteiger partial charge in [0.2, 0.25) is 0 Å². The van der Waals surface area contributed by atoms with Crippen molar-refractivity contribution in [1.29, 1.82) is 0 Å². The van der Waals surface area contributed by atoms with Crippen molar-refractivity contribution < 1.29 is 0 Å². The van der Waals surface area contributed by atoms with E-state index in [-0.39, 0.29) is 16.2 Å². The van der Waals surface area contributed by atoms with Crippen LogP contribution in [0.25, 0.3) is 44.2 Å². The van der Waals surface area contributed by atoms with E-state index in [4.69, 9.17) is 0 Å². The van der Waals surface area contributed by atoms with Crippen LogP contribution < -0.4 is 4.90 Å². The Morgan fingerprint density at radius 1 is 0.404 bits per heavy atom. The molecule has 2 aliphatic carbocycles. The van der Waals surface area contributed by atoms with Gasteiger partial charge in [-0.15, -0.1) is 0 Å². The largest absolute Gasteiger partial charge is 0.309 e. The van der Waals surface area contributed by atoms with Crippen molar-refractivity contribution in [1.82, 2.24) is 0 Å². The minimum atomic E-state index is -0.126. The molecule has 7 aromatic rings. The predicted molar refractivity (Wildman–Crippen MR) is 222 cm³/mol. The van der Waals surface area contributed by atoms with Crippen molar-refractivity contribution >= 4 is 27.8 Å². The summed E-state index contributed by atoms with van der Waals surface area (Å²) < 4.78 is 0. The second-order valence-corrected chi connectivity index (χ2v) is 16.9. The third kappa shape index (κ3) is 5.13. The number of nitrogens with zero attached hydrogens (tertiary/aromatic N) is 1. The molecule has 0 aliphatic heterocycles. The predicted octanol–water partition coefficient (Wildman–Crippen LogP) is 14.3. The summed E-state index contributed by atoms with van der Waals surface area (Å²) >= 11 is 0. The summed E-state index contributed by atoms with van der Waals surface area (Å²) in [7, 11) is 0. The maximum atomic E-state index is 2.49. The van der Waals surface area contributed by atoms with E-state index >= 15 is 0 Å². The molecule has 1 heteroatoms. The molecule has 0 bridgehead atoms. The van der Waals surface area contributed by atoms with E-state index in [1.807, 2.05) is 0 Å². The molecule has 0 fully saturated rings. The van der Waals surface area contributed by atoms with E-state index in [1.165, 1.54) is 90.6 Å². The van der Waals surface area contributed by atoms with Gasteiger partial charge in [-0.05, 0) is 109 Å². The average Bonchev–Trinajstić information content (AvgIpc) is 3.39. The van der Waals surface area contributed by atoms with Crippen LogP contribution in [0, 0.1) is 0 Å². The lowest BCUT2D eigenvalue weighted by molar-refractivity contribution is 0.332. The highest BCUT2D eigenvalue weighted by Gasteiger charge is 2.38. The molecule has 52 heavy (non-hydrogen) atoms. The van der Waals surface area contributed by atoms with Gasteiger partial charge in [-0.25, -0.2) is 0 Å². The second kappa shape index (κ2) is 11.8. The highest BCUT2D eigenvalue weighted by atomic mass is 15.1. The summed E-state index contributed by atoms with van der Waals surface area (Å²) in [5, 5.41) is 2.47. The molecule has 0 amide bonds. The molecular weight excluding hydrogens is 627 g/mol. The van der Waals surface area contributed by atoms with Gasteiger partial charge in [0.1, 0.15) is 0 Å². The van der Waals surface area contributed by atoms with Crippen LogP contribution in [-0.4, -0.2) is 0 Å². The molecule has 0 radical (unpaired) electrons. The number of rotatable bonds is 5. The molecule has 1 nitrogen and oxygen atoms in total. The number of hydrogen-bond donors (Lipinski definition) is 0. The first kappa shape index (κ1) is 32.5. The summed E-state index contributed by atoms with van der Waals surface area (Å²) in [6, 6.07) is 56.8. The highest BCUT2D eigenvalue weighted by molar-refractivity contribution is 6.02. The third-order valence-corrected chi connectivity index (χ3v) is 12.3. The van der Waals surface area contributed by atoms with Gasteiger partial charge < -0.3 is 4.90 Å². The second-order valence-electron chi connectivity index (χ2n) is 16.9. The van der Waals surface area contributed by atoms with Crippen LogP contribution in [-0.2, 0) is 16.2 Å². The van der Waals surface area contributed by atoms with Gasteiger partial charge in [-0.2, -0.15) is 0 Å². The Morgan fingerprint density at radius 2 is 1.04 bits per heavy atom. The van der Waals surface area contributed by atoms with Gasteiger partial charge in [0.25, 0.3) is 0 Å². The van der Waals surface area contributed by atoms with Gasteiger partial charge in [0.05, 0.1) is 11.4 Å². The van der Waals surface area contributed by atoms with Crippen LogP contribution in [0.3, 0.4) is 0 Å². The minimum Gasteiger partial charge on any atom is -0.309 e. The first-order valence-electron chi connectivity index (χ1n) is 18.9. The topological polar surface area (TPSA) is 3.24 Å². The van der Waals surface area contributed by atoms with Gasteiger partial charge in [0.15, 0.2) is 0 Å². The Kier molecular flexibility index (Phi) is 7.39. The Labute approximate surface area is 309 Å². The normalized spacial score (nSPS) is 16.2. The van der Waals surface area contributed by atoms with Crippen molar-refractivity contribution in [3.05, 3.63) is 174 Å². The minimum absolute atomic E-state index is 0.126. The Balaban J connectivity index is 1.26. The van der Waals surface area contributed by atoms with Gasteiger partial charge in [0, 0.05) is 22.1 Å². The molecule has 0 atom stereocenters. The summed E-state index contributed by atoms with van der Waals surface area (Å²) in [5.74, 6) is 0. The van der Waals surface area contributed by atoms with Crippen molar-refractivity contribution in [2.45, 2.75) is 70.6 Å². The van der Waals surface area contributed by atoms with E-state index in [0.717, 1.165) is 5.69 Å². The molecule has 2 aliphatic rings. The molecule has 9 rings (SSSR count). The molecule has 0 aromatic heterocycles. The maximum absolute atomic E-state index is 2.49. The molecule has 0 N–H and O–H groups in total. The van der Waals surface area contributed by atoms with Crippen LogP contribution >= 0.6 is 0 Å². The molecular formula is C51H47N. The maximum Gasteiger partial charge on any atom is 0.0543 e. The Hall–Kier alpha value is -5.40. The first-order valence-corrected chi connectivity index (χ1v) is 18.9. The summed E-state index contributed by atoms with van der Waals surface area (Å²) in [5.41, 5.74) is 17.2. The molecule has 0 heterocycles. The molecule has 0 saturated heterocycles. The zero-order valence-corrected chi connectivity index (χ0v) is 31.3. The highest BCUT2D eigenvalue weighted by Crippen LogP contribution is 2.54. The SMILES string of the molecule is CC1(C)CCC(C)(C)c2cc(-c3ccc(-c4cc5c(cc4N(c4ccccc4)c4cccc6ccccc46)C(C)(C)c4ccccc4-5)cc3)ccc21. The summed E-state index contributed by atoms with van der Waals surface area (Å²) in [6.07, 6.45) is 2.44. The molecule has 0 saturated carbocycles. The van der Waals surface area contributed by atoms with Crippen molar-refractivity contribution in [3.63, 3.8) is 0 Å². The van der Waals surface area contributed by atoms with Crippen molar-refractivity contribution in [2.75, 3.05) is 4.90 Å². The number of anilines is 3. The van der Waals surface area contributed by atoms with Crippen LogP contribution in [0.4, 0.5) is 17.1 Å².